The van der Waals surface area contributed by atoms with Gasteiger partial charge in [0.25, 0.3) is 0 Å². The van der Waals surface area contributed by atoms with Crippen LogP contribution in [0, 0.1) is 11.6 Å². The van der Waals surface area contributed by atoms with Crippen LogP contribution in [0.4, 0.5) is 39.4 Å². The largest absolute Gasteiger partial charge is 0.433 e. The third kappa shape index (κ3) is 4.75. The molecule has 0 saturated heterocycles. The van der Waals surface area contributed by atoms with Crippen LogP contribution in [-0.2, 0) is 6.18 Å². The zero-order valence-electron chi connectivity index (χ0n) is 12.2. The van der Waals surface area contributed by atoms with Crippen LogP contribution in [0.2, 0.25) is 0 Å². The van der Waals surface area contributed by atoms with Crippen LogP contribution >= 0.6 is 0 Å². The molecule has 1 aromatic carbocycles. The van der Waals surface area contributed by atoms with Gasteiger partial charge >= 0.3 is 6.18 Å². The second kappa shape index (κ2) is 7.39. The second-order valence-electron chi connectivity index (χ2n) is 4.71. The van der Waals surface area contributed by atoms with Crippen LogP contribution in [0.25, 0.3) is 0 Å². The summed E-state index contributed by atoms with van der Waals surface area (Å²) in [4.78, 5) is 7.10. The van der Waals surface area contributed by atoms with E-state index in [1.54, 1.807) is 0 Å². The number of anilines is 3. The van der Waals surface area contributed by atoms with Gasteiger partial charge in [-0.3, -0.25) is 0 Å². The van der Waals surface area contributed by atoms with Crippen LogP contribution in [0.3, 0.4) is 0 Å². The molecule has 24 heavy (non-hydrogen) atoms. The molecule has 1 heterocycles. The van der Waals surface area contributed by atoms with Crippen molar-refractivity contribution in [2.24, 2.45) is 0 Å². The fraction of sp³-hybridized carbons (Fsp3) is 0.286. The number of halogens is 5. The number of alkyl halides is 3. The number of nitrogens with zero attached hydrogens (tertiary/aromatic N) is 2. The predicted octanol–water partition coefficient (Wildman–Crippen LogP) is 3.31. The van der Waals surface area contributed by atoms with Gasteiger partial charge in [-0.25, -0.2) is 13.8 Å². The SMILES string of the molecule is OCCCNc1nc(Nc2cc(F)ccc2F)cc(C(F)(F)F)n1. The van der Waals surface area contributed by atoms with Crippen LogP contribution < -0.4 is 10.6 Å². The summed E-state index contributed by atoms with van der Waals surface area (Å²) in [7, 11) is 0. The van der Waals surface area contributed by atoms with Crippen molar-refractivity contribution in [3.8, 4) is 0 Å². The Morgan fingerprint density at radius 3 is 2.50 bits per heavy atom. The van der Waals surface area contributed by atoms with Gasteiger partial charge in [-0.05, 0) is 18.6 Å². The average molecular weight is 348 g/mol. The summed E-state index contributed by atoms with van der Waals surface area (Å²) in [5.74, 6) is -2.31. The van der Waals surface area contributed by atoms with Gasteiger partial charge in [0, 0.05) is 25.3 Å². The number of aliphatic hydroxyl groups is 1. The number of aromatic nitrogens is 2. The van der Waals surface area contributed by atoms with Crippen molar-refractivity contribution in [1.29, 1.82) is 0 Å². The molecule has 5 nitrogen and oxygen atoms in total. The van der Waals surface area contributed by atoms with Crippen molar-refractivity contribution < 1.29 is 27.1 Å². The maximum absolute atomic E-state index is 13.6. The Morgan fingerprint density at radius 2 is 1.83 bits per heavy atom. The summed E-state index contributed by atoms with van der Waals surface area (Å²) in [5, 5.41) is 13.5. The van der Waals surface area contributed by atoms with Crippen molar-refractivity contribution >= 4 is 17.5 Å². The van der Waals surface area contributed by atoms with E-state index in [9.17, 15) is 22.0 Å². The quantitative estimate of drug-likeness (QED) is 0.552. The Kier molecular flexibility index (Phi) is 5.50. The highest BCUT2D eigenvalue weighted by Gasteiger charge is 2.33. The molecule has 0 fully saturated rings. The standard InChI is InChI=1S/C14H13F5N4O/c15-8-2-3-9(16)10(6-8)21-12-7-11(14(17,18)19)22-13(23-12)20-4-1-5-24/h2-3,6-7,24H,1,4-5H2,(H2,20,21,22,23). The zero-order valence-corrected chi connectivity index (χ0v) is 12.2. The Morgan fingerprint density at radius 1 is 1.08 bits per heavy atom. The summed E-state index contributed by atoms with van der Waals surface area (Å²) >= 11 is 0. The summed E-state index contributed by atoms with van der Waals surface area (Å²) in [6, 6.07) is 3.10. The average Bonchev–Trinajstić information content (AvgIpc) is 2.50. The predicted molar refractivity (Wildman–Crippen MR) is 76.9 cm³/mol. The molecular weight excluding hydrogens is 335 g/mol. The Labute approximate surface area is 133 Å². The molecule has 2 rings (SSSR count). The molecule has 0 aliphatic carbocycles. The van der Waals surface area contributed by atoms with Crippen molar-refractivity contribution in [1.82, 2.24) is 9.97 Å². The number of rotatable bonds is 6. The maximum Gasteiger partial charge on any atom is 0.433 e. The molecule has 0 spiro atoms. The summed E-state index contributed by atoms with van der Waals surface area (Å²) in [5.41, 5.74) is -1.61. The maximum atomic E-state index is 13.6. The van der Waals surface area contributed by atoms with Crippen LogP contribution in [0.15, 0.2) is 24.3 Å². The molecule has 0 saturated carbocycles. The van der Waals surface area contributed by atoms with E-state index in [2.05, 4.69) is 20.6 Å². The van der Waals surface area contributed by atoms with E-state index in [0.717, 1.165) is 18.2 Å². The Bertz CT molecular complexity index is 708. The number of hydrogen-bond acceptors (Lipinski definition) is 5. The van der Waals surface area contributed by atoms with Gasteiger partial charge in [0.15, 0.2) is 5.69 Å². The molecule has 2 aromatic rings. The van der Waals surface area contributed by atoms with E-state index in [-0.39, 0.29) is 37.0 Å². The van der Waals surface area contributed by atoms with Crippen molar-refractivity contribution in [2.45, 2.75) is 12.6 Å². The topological polar surface area (TPSA) is 70.1 Å². The van der Waals surface area contributed by atoms with Gasteiger partial charge in [-0.1, -0.05) is 0 Å². The normalized spacial score (nSPS) is 11.4. The summed E-state index contributed by atoms with van der Waals surface area (Å²) in [6.07, 6.45) is -4.46. The third-order valence-corrected chi connectivity index (χ3v) is 2.83. The van der Waals surface area contributed by atoms with Gasteiger partial charge in [-0.15, -0.1) is 0 Å². The molecule has 0 aliphatic rings. The monoisotopic (exact) mass is 348 g/mol. The van der Waals surface area contributed by atoms with Gasteiger partial charge in [-0.2, -0.15) is 18.2 Å². The Hall–Kier alpha value is -2.49. The van der Waals surface area contributed by atoms with Crippen molar-refractivity contribution in [3.63, 3.8) is 0 Å². The first-order chi connectivity index (χ1) is 11.3. The zero-order chi connectivity index (χ0) is 17.7. The molecular formula is C14H13F5N4O. The van der Waals surface area contributed by atoms with Crippen LogP contribution in [0.1, 0.15) is 12.1 Å². The summed E-state index contributed by atoms with van der Waals surface area (Å²) < 4.78 is 65.4. The van der Waals surface area contributed by atoms with E-state index < -0.39 is 23.5 Å². The van der Waals surface area contributed by atoms with Gasteiger partial charge in [0.1, 0.15) is 17.5 Å². The van der Waals surface area contributed by atoms with E-state index in [1.807, 2.05) is 0 Å². The minimum atomic E-state index is -4.74. The lowest BCUT2D eigenvalue weighted by atomic mass is 10.3. The van der Waals surface area contributed by atoms with E-state index >= 15 is 0 Å². The highest BCUT2D eigenvalue weighted by molar-refractivity contribution is 5.58. The van der Waals surface area contributed by atoms with E-state index in [1.165, 1.54) is 0 Å². The van der Waals surface area contributed by atoms with Crippen LogP contribution in [-0.4, -0.2) is 28.2 Å². The molecule has 0 unspecified atom stereocenters. The number of aliphatic hydroxyl groups excluding tert-OH is 1. The first-order valence-electron chi connectivity index (χ1n) is 6.82. The highest BCUT2D eigenvalue weighted by atomic mass is 19.4. The molecule has 130 valence electrons. The second-order valence-corrected chi connectivity index (χ2v) is 4.71. The lowest BCUT2D eigenvalue weighted by Crippen LogP contribution is -2.14. The molecule has 0 radical (unpaired) electrons. The molecule has 0 amide bonds. The van der Waals surface area contributed by atoms with E-state index in [0.29, 0.717) is 6.07 Å². The first-order valence-corrected chi connectivity index (χ1v) is 6.82. The lowest BCUT2D eigenvalue weighted by Gasteiger charge is -2.13. The summed E-state index contributed by atoms with van der Waals surface area (Å²) in [6.45, 7) is -0.0167. The van der Waals surface area contributed by atoms with E-state index in [4.69, 9.17) is 5.11 Å². The molecule has 0 bridgehead atoms. The molecule has 1 aromatic heterocycles. The molecule has 0 aliphatic heterocycles. The fourth-order valence-corrected chi connectivity index (χ4v) is 1.75. The minimum absolute atomic E-state index is 0.144. The van der Waals surface area contributed by atoms with Crippen LogP contribution in [0.5, 0.6) is 0 Å². The lowest BCUT2D eigenvalue weighted by molar-refractivity contribution is -0.141. The number of benzene rings is 1. The molecule has 0 atom stereocenters. The molecule has 10 heteroatoms. The van der Waals surface area contributed by atoms with Crippen molar-refractivity contribution in [2.75, 3.05) is 23.8 Å². The van der Waals surface area contributed by atoms with Gasteiger partial charge in [0.2, 0.25) is 5.95 Å². The number of nitrogens with one attached hydrogen (secondary N) is 2. The number of hydrogen-bond donors (Lipinski definition) is 3. The van der Waals surface area contributed by atoms with Crippen molar-refractivity contribution in [3.05, 3.63) is 41.6 Å². The Balaban J connectivity index is 2.33. The minimum Gasteiger partial charge on any atom is -0.396 e. The third-order valence-electron chi connectivity index (χ3n) is 2.83. The smallest absolute Gasteiger partial charge is 0.396 e. The van der Waals surface area contributed by atoms with Gasteiger partial charge in [0.05, 0.1) is 5.69 Å². The first kappa shape index (κ1) is 17.9. The highest BCUT2D eigenvalue weighted by Crippen LogP contribution is 2.30. The van der Waals surface area contributed by atoms with Gasteiger partial charge < -0.3 is 15.7 Å². The fourth-order valence-electron chi connectivity index (χ4n) is 1.75. The molecule has 3 N–H and O–H groups in total.